The SMILES string of the molecule is CCC(C)NS(=O)(=O)c1cccc(C(=O)Nc2ccccc2C#N)c1. The maximum Gasteiger partial charge on any atom is 0.255 e. The number of hydrogen-bond acceptors (Lipinski definition) is 4. The molecule has 0 radical (unpaired) electrons. The lowest BCUT2D eigenvalue weighted by atomic mass is 10.1. The smallest absolute Gasteiger partial charge is 0.255 e. The number of anilines is 1. The van der Waals surface area contributed by atoms with Crippen LogP contribution in [-0.2, 0) is 10.0 Å². The standard InChI is InChI=1S/C18H19N3O3S/c1-3-13(2)21-25(23,24)16-9-6-8-14(11-16)18(22)20-17-10-5-4-7-15(17)12-19/h4-11,13,21H,3H2,1-2H3,(H,20,22). The average Bonchev–Trinajstić information content (AvgIpc) is 2.61. The Balaban J connectivity index is 2.26. The lowest BCUT2D eigenvalue weighted by Gasteiger charge is -2.13. The molecule has 0 saturated carbocycles. The van der Waals surface area contributed by atoms with Crippen LogP contribution in [0.15, 0.2) is 53.4 Å². The fraction of sp³-hybridized carbons (Fsp3) is 0.222. The van der Waals surface area contributed by atoms with Gasteiger partial charge < -0.3 is 5.32 Å². The van der Waals surface area contributed by atoms with Crippen molar-refractivity contribution in [1.29, 1.82) is 5.26 Å². The van der Waals surface area contributed by atoms with Crippen LogP contribution in [0.5, 0.6) is 0 Å². The van der Waals surface area contributed by atoms with Crippen molar-refractivity contribution in [2.45, 2.75) is 31.2 Å². The van der Waals surface area contributed by atoms with E-state index in [9.17, 15) is 13.2 Å². The van der Waals surface area contributed by atoms with Gasteiger partial charge in [-0.2, -0.15) is 5.26 Å². The molecule has 0 aromatic heterocycles. The van der Waals surface area contributed by atoms with Gasteiger partial charge in [-0.3, -0.25) is 4.79 Å². The molecule has 0 spiro atoms. The molecule has 2 N–H and O–H groups in total. The highest BCUT2D eigenvalue weighted by Crippen LogP contribution is 2.17. The molecule has 0 aliphatic heterocycles. The van der Waals surface area contributed by atoms with Gasteiger partial charge in [-0.15, -0.1) is 0 Å². The molecule has 0 aliphatic carbocycles. The first-order valence-electron chi connectivity index (χ1n) is 7.80. The van der Waals surface area contributed by atoms with Crippen LogP contribution < -0.4 is 10.0 Å². The average molecular weight is 357 g/mol. The molecule has 2 aromatic carbocycles. The van der Waals surface area contributed by atoms with Gasteiger partial charge >= 0.3 is 0 Å². The predicted molar refractivity (Wildman–Crippen MR) is 95.6 cm³/mol. The molecule has 130 valence electrons. The molecule has 6 nitrogen and oxygen atoms in total. The van der Waals surface area contributed by atoms with Crippen molar-refractivity contribution in [1.82, 2.24) is 4.72 Å². The third-order valence-corrected chi connectivity index (χ3v) is 5.26. The number of carbonyl (C=O) groups is 1. The van der Waals surface area contributed by atoms with Crippen LogP contribution in [0.4, 0.5) is 5.69 Å². The highest BCUT2D eigenvalue weighted by atomic mass is 32.2. The number of rotatable bonds is 6. The van der Waals surface area contributed by atoms with E-state index in [1.165, 1.54) is 24.3 Å². The number of para-hydroxylation sites is 1. The molecule has 0 aliphatic rings. The number of nitrogens with one attached hydrogen (secondary N) is 2. The summed E-state index contributed by atoms with van der Waals surface area (Å²) >= 11 is 0. The first-order chi connectivity index (χ1) is 11.9. The summed E-state index contributed by atoms with van der Waals surface area (Å²) < 4.78 is 27.3. The van der Waals surface area contributed by atoms with Crippen molar-refractivity contribution < 1.29 is 13.2 Å². The van der Waals surface area contributed by atoms with Crippen LogP contribution in [0.1, 0.15) is 36.2 Å². The van der Waals surface area contributed by atoms with Gasteiger partial charge in [0.05, 0.1) is 16.1 Å². The Labute approximate surface area is 147 Å². The van der Waals surface area contributed by atoms with Gasteiger partial charge in [0.25, 0.3) is 5.91 Å². The second-order valence-corrected chi connectivity index (χ2v) is 7.28. The number of hydrogen-bond donors (Lipinski definition) is 2. The van der Waals surface area contributed by atoms with E-state index in [4.69, 9.17) is 5.26 Å². The molecular weight excluding hydrogens is 338 g/mol. The van der Waals surface area contributed by atoms with Crippen molar-refractivity contribution in [3.05, 3.63) is 59.7 Å². The third-order valence-electron chi connectivity index (χ3n) is 3.67. The first-order valence-corrected chi connectivity index (χ1v) is 9.28. The lowest BCUT2D eigenvalue weighted by Crippen LogP contribution is -2.32. The summed E-state index contributed by atoms with van der Waals surface area (Å²) in [7, 11) is -3.70. The number of sulfonamides is 1. The maximum atomic E-state index is 12.4. The molecule has 0 fully saturated rings. The zero-order chi connectivity index (χ0) is 18.4. The molecule has 1 atom stereocenters. The van der Waals surface area contributed by atoms with Crippen LogP contribution in [0.3, 0.4) is 0 Å². The van der Waals surface area contributed by atoms with Gasteiger partial charge in [0.2, 0.25) is 10.0 Å². The quantitative estimate of drug-likeness (QED) is 0.830. The molecule has 0 heterocycles. The van der Waals surface area contributed by atoms with Crippen molar-refractivity contribution in [3.8, 4) is 6.07 Å². The van der Waals surface area contributed by atoms with E-state index in [2.05, 4.69) is 10.0 Å². The van der Waals surface area contributed by atoms with Gasteiger partial charge in [0, 0.05) is 11.6 Å². The first kappa shape index (κ1) is 18.6. The highest BCUT2D eigenvalue weighted by Gasteiger charge is 2.18. The number of nitriles is 1. The molecular formula is C18H19N3O3S. The summed E-state index contributed by atoms with van der Waals surface area (Å²) in [5, 5.41) is 11.7. The third kappa shape index (κ3) is 4.66. The number of carbonyl (C=O) groups excluding carboxylic acids is 1. The minimum absolute atomic E-state index is 0.0222. The van der Waals surface area contributed by atoms with Gasteiger partial charge in [-0.05, 0) is 43.7 Å². The largest absolute Gasteiger partial charge is 0.321 e. The fourth-order valence-electron chi connectivity index (χ4n) is 2.10. The number of amides is 1. The Hall–Kier alpha value is -2.69. The van der Waals surface area contributed by atoms with E-state index in [1.807, 2.05) is 13.0 Å². The zero-order valence-electron chi connectivity index (χ0n) is 14.0. The minimum Gasteiger partial charge on any atom is -0.321 e. The Morgan fingerprint density at radius 2 is 1.92 bits per heavy atom. The molecule has 2 aromatic rings. The number of nitrogens with zero attached hydrogens (tertiary/aromatic N) is 1. The van der Waals surface area contributed by atoms with Gasteiger partial charge in [-0.1, -0.05) is 25.1 Å². The molecule has 7 heteroatoms. The fourth-order valence-corrected chi connectivity index (χ4v) is 3.48. The monoisotopic (exact) mass is 357 g/mol. The maximum absolute atomic E-state index is 12.4. The molecule has 1 unspecified atom stereocenters. The highest BCUT2D eigenvalue weighted by molar-refractivity contribution is 7.89. The summed E-state index contributed by atoms with van der Waals surface area (Å²) in [4.78, 5) is 12.4. The summed E-state index contributed by atoms with van der Waals surface area (Å²) in [6, 6.07) is 14.2. The Bertz CT molecular complexity index is 917. The Kier molecular flexibility index (Phi) is 5.91. The summed E-state index contributed by atoms with van der Waals surface area (Å²) in [5.74, 6) is -0.483. The molecule has 0 bridgehead atoms. The van der Waals surface area contributed by atoms with Crippen molar-refractivity contribution in [2.24, 2.45) is 0 Å². The minimum atomic E-state index is -3.70. The second kappa shape index (κ2) is 7.92. The van der Waals surface area contributed by atoms with E-state index in [-0.39, 0.29) is 16.5 Å². The summed E-state index contributed by atoms with van der Waals surface area (Å²) in [5.41, 5.74) is 0.902. The van der Waals surface area contributed by atoms with Crippen LogP contribution in [0.2, 0.25) is 0 Å². The van der Waals surface area contributed by atoms with Gasteiger partial charge in [0.15, 0.2) is 0 Å². The van der Waals surface area contributed by atoms with Crippen LogP contribution >= 0.6 is 0 Å². The molecule has 25 heavy (non-hydrogen) atoms. The topological polar surface area (TPSA) is 99.1 Å². The summed E-state index contributed by atoms with van der Waals surface area (Å²) in [6.07, 6.45) is 0.657. The lowest BCUT2D eigenvalue weighted by molar-refractivity contribution is 0.102. The summed E-state index contributed by atoms with van der Waals surface area (Å²) in [6.45, 7) is 3.65. The predicted octanol–water partition coefficient (Wildman–Crippen LogP) is 2.89. The zero-order valence-corrected chi connectivity index (χ0v) is 14.8. The van der Waals surface area contributed by atoms with Crippen LogP contribution in [0.25, 0.3) is 0 Å². The van der Waals surface area contributed by atoms with Gasteiger partial charge in [-0.25, -0.2) is 13.1 Å². The van der Waals surface area contributed by atoms with Crippen molar-refractivity contribution in [2.75, 3.05) is 5.32 Å². The van der Waals surface area contributed by atoms with Crippen LogP contribution in [-0.4, -0.2) is 20.4 Å². The Morgan fingerprint density at radius 3 is 2.60 bits per heavy atom. The van der Waals surface area contributed by atoms with E-state index < -0.39 is 15.9 Å². The molecule has 2 rings (SSSR count). The van der Waals surface area contributed by atoms with Crippen molar-refractivity contribution >= 4 is 21.6 Å². The molecule has 0 saturated heterocycles. The number of benzene rings is 2. The van der Waals surface area contributed by atoms with E-state index >= 15 is 0 Å². The molecule has 1 amide bonds. The van der Waals surface area contributed by atoms with Gasteiger partial charge in [0.1, 0.15) is 6.07 Å². The van der Waals surface area contributed by atoms with Crippen LogP contribution in [0, 0.1) is 11.3 Å². The van der Waals surface area contributed by atoms with E-state index in [0.717, 1.165) is 0 Å². The normalized spacial score (nSPS) is 12.2. The van der Waals surface area contributed by atoms with E-state index in [0.29, 0.717) is 17.7 Å². The Morgan fingerprint density at radius 1 is 1.20 bits per heavy atom. The second-order valence-electron chi connectivity index (χ2n) is 5.57. The van der Waals surface area contributed by atoms with E-state index in [1.54, 1.807) is 31.2 Å². The van der Waals surface area contributed by atoms with Crippen molar-refractivity contribution in [3.63, 3.8) is 0 Å².